The summed E-state index contributed by atoms with van der Waals surface area (Å²) in [6, 6.07) is 17.4. The van der Waals surface area contributed by atoms with Gasteiger partial charge in [-0.05, 0) is 42.5 Å². The van der Waals surface area contributed by atoms with Gasteiger partial charge in [0.25, 0.3) is 5.91 Å². The van der Waals surface area contributed by atoms with Gasteiger partial charge in [-0.3, -0.25) is 9.59 Å². The Kier molecular flexibility index (Phi) is 4.18. The van der Waals surface area contributed by atoms with Gasteiger partial charge in [0.2, 0.25) is 5.43 Å². The van der Waals surface area contributed by atoms with E-state index >= 15 is 0 Å². The van der Waals surface area contributed by atoms with Crippen LogP contribution in [-0.2, 0) is 0 Å². The van der Waals surface area contributed by atoms with E-state index in [9.17, 15) is 14.0 Å². The monoisotopic (exact) mass is 360 g/mol. The molecule has 0 saturated carbocycles. The van der Waals surface area contributed by atoms with Crippen LogP contribution in [0, 0.1) is 5.82 Å². The SMILES string of the molecule is O=C(c1ccc(F)cc1)n1ccc(-c2nn(-c3ccccc3)ccc2=O)n1. The van der Waals surface area contributed by atoms with E-state index < -0.39 is 11.7 Å². The Morgan fingerprint density at radius 1 is 0.852 bits per heavy atom. The quantitative estimate of drug-likeness (QED) is 0.563. The van der Waals surface area contributed by atoms with E-state index in [4.69, 9.17) is 0 Å². The molecule has 7 heteroatoms. The topological polar surface area (TPSA) is 69.8 Å². The number of aromatic nitrogens is 4. The van der Waals surface area contributed by atoms with Gasteiger partial charge in [-0.2, -0.15) is 10.2 Å². The highest BCUT2D eigenvalue weighted by atomic mass is 19.1. The molecule has 27 heavy (non-hydrogen) atoms. The van der Waals surface area contributed by atoms with Gasteiger partial charge in [0.15, 0.2) is 5.69 Å². The fourth-order valence-corrected chi connectivity index (χ4v) is 2.60. The number of hydrogen-bond donors (Lipinski definition) is 0. The summed E-state index contributed by atoms with van der Waals surface area (Å²) < 4.78 is 15.7. The number of carbonyl (C=O) groups is 1. The zero-order valence-electron chi connectivity index (χ0n) is 14.0. The number of hydrogen-bond acceptors (Lipinski definition) is 4. The number of nitrogens with zero attached hydrogens (tertiary/aromatic N) is 4. The van der Waals surface area contributed by atoms with E-state index in [1.807, 2.05) is 30.3 Å². The summed E-state index contributed by atoms with van der Waals surface area (Å²) >= 11 is 0. The Labute approximate surface area is 153 Å². The van der Waals surface area contributed by atoms with Crippen LogP contribution in [0.5, 0.6) is 0 Å². The standard InChI is InChI=1S/C20H13FN4O2/c21-15-8-6-14(7-9-15)20(27)25-12-10-17(22-25)19-18(26)11-13-24(23-19)16-4-2-1-3-5-16/h1-13H. The Balaban J connectivity index is 1.70. The number of para-hydroxylation sites is 1. The molecule has 6 nitrogen and oxygen atoms in total. The van der Waals surface area contributed by atoms with Crippen molar-refractivity contribution in [1.29, 1.82) is 0 Å². The average Bonchev–Trinajstić information content (AvgIpc) is 3.19. The first-order chi connectivity index (χ1) is 13.1. The lowest BCUT2D eigenvalue weighted by Gasteiger charge is -2.06. The summed E-state index contributed by atoms with van der Waals surface area (Å²) in [7, 11) is 0. The average molecular weight is 360 g/mol. The van der Waals surface area contributed by atoms with Crippen molar-refractivity contribution in [2.24, 2.45) is 0 Å². The molecule has 0 amide bonds. The van der Waals surface area contributed by atoms with Crippen LogP contribution in [-0.4, -0.2) is 25.5 Å². The molecule has 0 aliphatic rings. The first kappa shape index (κ1) is 16.6. The molecule has 0 bridgehead atoms. The van der Waals surface area contributed by atoms with Gasteiger partial charge in [0.1, 0.15) is 11.5 Å². The Morgan fingerprint density at radius 3 is 2.33 bits per heavy atom. The van der Waals surface area contributed by atoms with Crippen LogP contribution in [0.3, 0.4) is 0 Å². The second kappa shape index (κ2) is 6.80. The zero-order chi connectivity index (χ0) is 18.8. The molecule has 2 heterocycles. The minimum Gasteiger partial charge on any atom is -0.287 e. The van der Waals surface area contributed by atoms with E-state index in [2.05, 4.69) is 10.2 Å². The summed E-state index contributed by atoms with van der Waals surface area (Å²) in [4.78, 5) is 24.7. The maximum Gasteiger partial charge on any atom is 0.278 e. The third kappa shape index (κ3) is 3.30. The lowest BCUT2D eigenvalue weighted by atomic mass is 10.2. The molecule has 0 N–H and O–H groups in total. The fourth-order valence-electron chi connectivity index (χ4n) is 2.60. The zero-order valence-corrected chi connectivity index (χ0v) is 14.0. The van der Waals surface area contributed by atoms with E-state index in [1.54, 1.807) is 16.9 Å². The summed E-state index contributed by atoms with van der Waals surface area (Å²) in [6.45, 7) is 0. The molecule has 0 unspecified atom stereocenters. The van der Waals surface area contributed by atoms with Crippen molar-refractivity contribution in [2.45, 2.75) is 0 Å². The van der Waals surface area contributed by atoms with Crippen molar-refractivity contribution in [2.75, 3.05) is 0 Å². The lowest BCUT2D eigenvalue weighted by molar-refractivity contribution is 0.0945. The van der Waals surface area contributed by atoms with Crippen molar-refractivity contribution in [1.82, 2.24) is 19.6 Å². The normalized spacial score (nSPS) is 10.7. The van der Waals surface area contributed by atoms with Crippen molar-refractivity contribution < 1.29 is 9.18 Å². The molecule has 132 valence electrons. The van der Waals surface area contributed by atoms with E-state index in [1.165, 1.54) is 36.5 Å². The van der Waals surface area contributed by atoms with Crippen LogP contribution < -0.4 is 5.43 Å². The number of carbonyl (C=O) groups excluding carboxylic acids is 1. The van der Waals surface area contributed by atoms with Crippen molar-refractivity contribution in [3.05, 3.63) is 101 Å². The van der Waals surface area contributed by atoms with Crippen LogP contribution in [0.15, 0.2) is 83.9 Å². The van der Waals surface area contributed by atoms with Crippen LogP contribution in [0.1, 0.15) is 10.4 Å². The van der Waals surface area contributed by atoms with Crippen molar-refractivity contribution in [3.8, 4) is 17.1 Å². The van der Waals surface area contributed by atoms with Gasteiger partial charge in [-0.25, -0.2) is 13.8 Å². The third-order valence-electron chi connectivity index (χ3n) is 3.96. The van der Waals surface area contributed by atoms with Gasteiger partial charge >= 0.3 is 0 Å². The fraction of sp³-hybridized carbons (Fsp3) is 0. The molecular weight excluding hydrogens is 347 g/mol. The second-order valence-corrected chi connectivity index (χ2v) is 5.77. The highest BCUT2D eigenvalue weighted by Crippen LogP contribution is 2.13. The first-order valence-electron chi connectivity index (χ1n) is 8.13. The van der Waals surface area contributed by atoms with Crippen molar-refractivity contribution >= 4 is 5.91 Å². The van der Waals surface area contributed by atoms with Crippen LogP contribution in [0.4, 0.5) is 4.39 Å². The summed E-state index contributed by atoms with van der Waals surface area (Å²) in [5.41, 5.74) is 1.18. The van der Waals surface area contributed by atoms with Crippen molar-refractivity contribution in [3.63, 3.8) is 0 Å². The van der Waals surface area contributed by atoms with Gasteiger partial charge in [-0.15, -0.1) is 0 Å². The molecule has 2 aromatic carbocycles. The van der Waals surface area contributed by atoms with Gasteiger partial charge in [0, 0.05) is 24.0 Å². The molecule has 4 aromatic rings. The van der Waals surface area contributed by atoms with Gasteiger partial charge in [0.05, 0.1) is 5.69 Å². The first-order valence-corrected chi connectivity index (χ1v) is 8.13. The minimum absolute atomic E-state index is 0.131. The Bertz CT molecular complexity index is 1160. The van der Waals surface area contributed by atoms with Crippen LogP contribution in [0.25, 0.3) is 17.1 Å². The smallest absolute Gasteiger partial charge is 0.278 e. The maximum absolute atomic E-state index is 13.0. The maximum atomic E-state index is 13.0. The summed E-state index contributed by atoms with van der Waals surface area (Å²) in [6.07, 6.45) is 3.02. The molecule has 0 spiro atoms. The van der Waals surface area contributed by atoms with E-state index in [-0.39, 0.29) is 22.4 Å². The summed E-state index contributed by atoms with van der Waals surface area (Å²) in [5, 5.41) is 8.51. The largest absolute Gasteiger partial charge is 0.287 e. The number of halogens is 1. The molecule has 0 aliphatic heterocycles. The van der Waals surface area contributed by atoms with Crippen LogP contribution >= 0.6 is 0 Å². The number of rotatable bonds is 3. The molecule has 2 aromatic heterocycles. The van der Waals surface area contributed by atoms with E-state index in [0.717, 1.165) is 10.4 Å². The highest BCUT2D eigenvalue weighted by molar-refractivity contribution is 5.95. The number of benzene rings is 2. The Morgan fingerprint density at radius 2 is 1.59 bits per heavy atom. The Hall–Kier alpha value is -3.87. The van der Waals surface area contributed by atoms with Crippen LogP contribution in [0.2, 0.25) is 0 Å². The minimum atomic E-state index is -0.430. The van der Waals surface area contributed by atoms with E-state index in [0.29, 0.717) is 0 Å². The second-order valence-electron chi connectivity index (χ2n) is 5.77. The predicted molar refractivity (Wildman–Crippen MR) is 97.2 cm³/mol. The molecule has 0 fully saturated rings. The molecule has 4 rings (SSSR count). The molecule has 0 radical (unpaired) electrons. The van der Waals surface area contributed by atoms with Gasteiger partial charge < -0.3 is 0 Å². The molecule has 0 saturated heterocycles. The predicted octanol–water partition coefficient (Wildman–Crippen LogP) is 2.92. The molecular formula is C20H13FN4O2. The van der Waals surface area contributed by atoms with Gasteiger partial charge in [-0.1, -0.05) is 18.2 Å². The lowest BCUT2D eigenvalue weighted by Crippen LogP contribution is -2.15. The molecule has 0 atom stereocenters. The molecule has 0 aliphatic carbocycles. The third-order valence-corrected chi connectivity index (χ3v) is 3.96. The highest BCUT2D eigenvalue weighted by Gasteiger charge is 2.14. The summed E-state index contributed by atoms with van der Waals surface area (Å²) in [5.74, 6) is -0.858.